The molecule has 0 heterocycles. The first kappa shape index (κ1) is 17.9. The first-order valence-electron chi connectivity index (χ1n) is 6.28. The summed E-state index contributed by atoms with van der Waals surface area (Å²) in [7, 11) is 2.40. The van der Waals surface area contributed by atoms with Crippen molar-refractivity contribution < 1.29 is 38.1 Å². The number of carbonyl (C=O) groups excluding carboxylic acids is 4. The van der Waals surface area contributed by atoms with E-state index in [1.54, 1.807) is 0 Å². The second-order valence-corrected chi connectivity index (χ2v) is 3.95. The SMILES string of the molecule is COC(=O)/C=C\C(=O)OCC(=O)Oc1ccc(C(=O)OC)cc1. The Morgan fingerprint density at radius 3 is 2.09 bits per heavy atom. The predicted molar refractivity (Wildman–Crippen MR) is 75.5 cm³/mol. The van der Waals surface area contributed by atoms with E-state index in [4.69, 9.17) is 4.74 Å². The highest BCUT2D eigenvalue weighted by Gasteiger charge is 2.10. The number of hydrogen-bond acceptors (Lipinski definition) is 8. The van der Waals surface area contributed by atoms with Gasteiger partial charge in [-0.15, -0.1) is 0 Å². The third-order valence-corrected chi connectivity index (χ3v) is 2.40. The summed E-state index contributed by atoms with van der Waals surface area (Å²) in [6, 6.07) is 5.62. The average molecular weight is 322 g/mol. The van der Waals surface area contributed by atoms with E-state index in [1.165, 1.54) is 31.4 Å². The topological polar surface area (TPSA) is 105 Å². The first-order chi connectivity index (χ1) is 11.0. The van der Waals surface area contributed by atoms with Crippen LogP contribution >= 0.6 is 0 Å². The molecular weight excluding hydrogens is 308 g/mol. The Bertz CT molecular complexity index is 615. The summed E-state index contributed by atoms with van der Waals surface area (Å²) >= 11 is 0. The Balaban J connectivity index is 2.45. The van der Waals surface area contributed by atoms with Crippen LogP contribution in [0.15, 0.2) is 36.4 Å². The molecule has 122 valence electrons. The molecule has 8 nitrogen and oxygen atoms in total. The first-order valence-corrected chi connectivity index (χ1v) is 6.28. The number of hydrogen-bond donors (Lipinski definition) is 0. The maximum atomic E-state index is 11.5. The van der Waals surface area contributed by atoms with Gasteiger partial charge in [-0.05, 0) is 24.3 Å². The van der Waals surface area contributed by atoms with Gasteiger partial charge in [0.2, 0.25) is 0 Å². The normalized spacial score (nSPS) is 10.0. The van der Waals surface area contributed by atoms with Crippen LogP contribution in [0.1, 0.15) is 10.4 Å². The van der Waals surface area contributed by atoms with Crippen molar-refractivity contribution in [1.29, 1.82) is 0 Å². The Kier molecular flexibility index (Phi) is 6.99. The van der Waals surface area contributed by atoms with Gasteiger partial charge in [0.25, 0.3) is 0 Å². The average Bonchev–Trinajstić information content (AvgIpc) is 2.57. The molecule has 1 aromatic carbocycles. The summed E-state index contributed by atoms with van der Waals surface area (Å²) in [6.45, 7) is -0.636. The van der Waals surface area contributed by atoms with Crippen LogP contribution in [0.4, 0.5) is 0 Å². The monoisotopic (exact) mass is 322 g/mol. The molecule has 0 N–H and O–H groups in total. The molecule has 0 amide bonds. The maximum Gasteiger partial charge on any atom is 0.349 e. The second kappa shape index (κ2) is 8.98. The second-order valence-electron chi connectivity index (χ2n) is 3.95. The minimum absolute atomic E-state index is 0.170. The fraction of sp³-hybridized carbons (Fsp3) is 0.200. The van der Waals surface area contributed by atoms with Gasteiger partial charge in [-0.1, -0.05) is 0 Å². The van der Waals surface area contributed by atoms with Crippen LogP contribution < -0.4 is 4.74 Å². The third kappa shape index (κ3) is 6.42. The van der Waals surface area contributed by atoms with E-state index in [0.29, 0.717) is 5.56 Å². The van der Waals surface area contributed by atoms with Crippen molar-refractivity contribution >= 4 is 23.9 Å². The molecule has 0 atom stereocenters. The largest absolute Gasteiger partial charge is 0.466 e. The summed E-state index contributed by atoms with van der Waals surface area (Å²) < 4.78 is 18.3. The lowest BCUT2D eigenvalue weighted by atomic mass is 10.2. The molecule has 1 rings (SSSR count). The summed E-state index contributed by atoms with van der Waals surface area (Å²) in [6.07, 6.45) is 1.68. The molecule has 0 saturated carbocycles. The summed E-state index contributed by atoms with van der Waals surface area (Å²) in [5.41, 5.74) is 0.298. The minimum atomic E-state index is -0.895. The zero-order valence-electron chi connectivity index (χ0n) is 12.4. The van der Waals surface area contributed by atoms with Crippen LogP contribution in [0.3, 0.4) is 0 Å². The molecule has 0 aliphatic heterocycles. The molecule has 1 aromatic rings. The van der Waals surface area contributed by atoms with Crippen molar-refractivity contribution in [3.8, 4) is 5.75 Å². The van der Waals surface area contributed by atoms with Crippen molar-refractivity contribution in [3.63, 3.8) is 0 Å². The highest BCUT2D eigenvalue weighted by Crippen LogP contribution is 2.13. The van der Waals surface area contributed by atoms with Gasteiger partial charge in [0, 0.05) is 12.2 Å². The van der Waals surface area contributed by atoms with E-state index in [2.05, 4.69) is 14.2 Å². The molecule has 23 heavy (non-hydrogen) atoms. The molecule has 0 fully saturated rings. The molecule has 0 spiro atoms. The van der Waals surface area contributed by atoms with Crippen LogP contribution in [-0.4, -0.2) is 44.7 Å². The van der Waals surface area contributed by atoms with Gasteiger partial charge >= 0.3 is 23.9 Å². The number of esters is 4. The zero-order chi connectivity index (χ0) is 17.2. The lowest BCUT2D eigenvalue weighted by molar-refractivity contribution is -0.150. The Morgan fingerprint density at radius 1 is 0.913 bits per heavy atom. The van der Waals surface area contributed by atoms with Crippen LogP contribution in [0.5, 0.6) is 5.75 Å². The lowest BCUT2D eigenvalue weighted by Crippen LogP contribution is -2.18. The van der Waals surface area contributed by atoms with Crippen molar-refractivity contribution in [2.75, 3.05) is 20.8 Å². The van der Waals surface area contributed by atoms with Gasteiger partial charge in [0.15, 0.2) is 6.61 Å². The fourth-order valence-corrected chi connectivity index (χ4v) is 1.32. The molecule has 0 aromatic heterocycles. The summed E-state index contributed by atoms with van der Waals surface area (Å²) in [5, 5.41) is 0. The van der Waals surface area contributed by atoms with Crippen LogP contribution in [-0.2, 0) is 28.6 Å². The fourth-order valence-electron chi connectivity index (χ4n) is 1.32. The molecule has 0 bridgehead atoms. The van der Waals surface area contributed by atoms with Gasteiger partial charge in [0.1, 0.15) is 5.75 Å². The van der Waals surface area contributed by atoms with Crippen LogP contribution in [0.2, 0.25) is 0 Å². The molecule has 0 radical (unpaired) electrons. The minimum Gasteiger partial charge on any atom is -0.466 e. The van der Waals surface area contributed by atoms with Crippen molar-refractivity contribution in [1.82, 2.24) is 0 Å². The smallest absolute Gasteiger partial charge is 0.349 e. The van der Waals surface area contributed by atoms with E-state index in [0.717, 1.165) is 19.3 Å². The molecule has 0 aliphatic rings. The molecular formula is C15H14O8. The van der Waals surface area contributed by atoms with E-state index < -0.39 is 30.5 Å². The molecule has 8 heteroatoms. The Hall–Kier alpha value is -3.16. The molecule has 0 aliphatic carbocycles. The van der Waals surface area contributed by atoms with Crippen molar-refractivity contribution in [3.05, 3.63) is 42.0 Å². The van der Waals surface area contributed by atoms with Crippen molar-refractivity contribution in [2.24, 2.45) is 0 Å². The van der Waals surface area contributed by atoms with Gasteiger partial charge in [0.05, 0.1) is 19.8 Å². The third-order valence-electron chi connectivity index (χ3n) is 2.40. The highest BCUT2D eigenvalue weighted by atomic mass is 16.6. The zero-order valence-corrected chi connectivity index (χ0v) is 12.4. The standard InChI is InChI=1S/C15H14O8/c1-20-12(16)7-8-13(17)22-9-14(18)23-11-5-3-10(4-6-11)15(19)21-2/h3-8H,9H2,1-2H3/b8-7-. The molecule has 0 unspecified atom stereocenters. The number of ether oxygens (including phenoxy) is 4. The van der Waals surface area contributed by atoms with Crippen LogP contribution in [0, 0.1) is 0 Å². The summed E-state index contributed by atoms with van der Waals surface area (Å²) in [5.74, 6) is -2.79. The lowest BCUT2D eigenvalue weighted by Gasteiger charge is -2.05. The Morgan fingerprint density at radius 2 is 1.52 bits per heavy atom. The van der Waals surface area contributed by atoms with Gasteiger partial charge in [-0.25, -0.2) is 19.2 Å². The van der Waals surface area contributed by atoms with E-state index in [9.17, 15) is 19.2 Å². The Labute approximate surface area is 131 Å². The number of carbonyl (C=O) groups is 4. The number of methoxy groups -OCH3 is 2. The van der Waals surface area contributed by atoms with Gasteiger partial charge in [-0.2, -0.15) is 0 Å². The predicted octanol–water partition coefficient (Wildman–Crippen LogP) is 0.651. The van der Waals surface area contributed by atoms with Crippen molar-refractivity contribution in [2.45, 2.75) is 0 Å². The highest BCUT2D eigenvalue weighted by molar-refractivity contribution is 5.92. The quantitative estimate of drug-likeness (QED) is 0.325. The van der Waals surface area contributed by atoms with E-state index in [-0.39, 0.29) is 5.75 Å². The summed E-state index contributed by atoms with van der Waals surface area (Å²) in [4.78, 5) is 44.7. The van der Waals surface area contributed by atoms with Crippen LogP contribution in [0.25, 0.3) is 0 Å². The van der Waals surface area contributed by atoms with Gasteiger partial charge in [-0.3, -0.25) is 0 Å². The maximum absolute atomic E-state index is 11.5. The van der Waals surface area contributed by atoms with E-state index >= 15 is 0 Å². The number of rotatable bonds is 6. The molecule has 0 saturated heterocycles. The number of benzene rings is 1. The van der Waals surface area contributed by atoms with E-state index in [1.807, 2.05) is 0 Å². The van der Waals surface area contributed by atoms with Gasteiger partial charge < -0.3 is 18.9 Å².